The van der Waals surface area contributed by atoms with Gasteiger partial charge in [0.25, 0.3) is 5.56 Å². The first-order valence-electron chi connectivity index (χ1n) is 9.19. The van der Waals surface area contributed by atoms with Crippen LogP contribution >= 0.6 is 0 Å². The number of carbonyl (C=O) groups excluding carboxylic acids is 1. The summed E-state index contributed by atoms with van der Waals surface area (Å²) in [4.78, 5) is 31.3. The molecule has 2 heterocycles. The van der Waals surface area contributed by atoms with E-state index in [2.05, 4.69) is 29.0 Å². The van der Waals surface area contributed by atoms with Gasteiger partial charge in [0.15, 0.2) is 0 Å². The smallest absolute Gasteiger partial charge is 0.261 e. The van der Waals surface area contributed by atoms with Gasteiger partial charge < -0.3 is 10.1 Å². The van der Waals surface area contributed by atoms with E-state index in [1.165, 1.54) is 23.0 Å². The average molecular weight is 376 g/mol. The van der Waals surface area contributed by atoms with Gasteiger partial charge in [0, 0.05) is 25.7 Å². The number of nitrogens with zero attached hydrogens (tertiary/aromatic N) is 3. The lowest BCUT2D eigenvalue weighted by Gasteiger charge is -2.36. The Kier molecular flexibility index (Phi) is 6.18. The monoisotopic (exact) mass is 376 g/mol. The summed E-state index contributed by atoms with van der Waals surface area (Å²) in [7, 11) is 0. The molecule has 1 aliphatic heterocycles. The molecule has 1 aromatic carbocycles. The molecule has 1 aliphatic rings. The van der Waals surface area contributed by atoms with Gasteiger partial charge in [0.1, 0.15) is 12.4 Å². The minimum absolute atomic E-state index is 0.147. The van der Waals surface area contributed by atoms with E-state index in [-0.39, 0.29) is 23.9 Å². The van der Waals surface area contributed by atoms with Gasteiger partial charge in [0.05, 0.1) is 30.4 Å². The molecule has 0 bridgehead atoms. The van der Waals surface area contributed by atoms with E-state index in [1.807, 2.05) is 0 Å². The van der Waals surface area contributed by atoms with Gasteiger partial charge in [-0.25, -0.2) is 9.37 Å². The van der Waals surface area contributed by atoms with Crippen molar-refractivity contribution >= 4 is 16.8 Å². The first-order chi connectivity index (χ1) is 13.0. The van der Waals surface area contributed by atoms with Crippen LogP contribution < -0.4 is 10.9 Å². The maximum Gasteiger partial charge on any atom is 0.261 e. The molecule has 1 amide bonds. The van der Waals surface area contributed by atoms with Crippen LogP contribution in [0, 0.1) is 11.7 Å². The molecule has 0 saturated carbocycles. The zero-order chi connectivity index (χ0) is 19.4. The van der Waals surface area contributed by atoms with Crippen molar-refractivity contribution in [3.05, 3.63) is 40.7 Å². The van der Waals surface area contributed by atoms with E-state index >= 15 is 0 Å². The van der Waals surface area contributed by atoms with E-state index in [0.29, 0.717) is 31.2 Å². The topological polar surface area (TPSA) is 76.5 Å². The highest BCUT2D eigenvalue weighted by atomic mass is 19.1. The Morgan fingerprint density at radius 2 is 2.07 bits per heavy atom. The standard InChI is InChI=1S/C19H25FN4O3/c1-13(2)17(23-5-7-27-8-6-23)10-21-18(25)11-24-12-22-16-4-3-14(20)9-15(16)19(24)26/h3-4,9,12-13,17H,5-8,10-11H2,1-2H3,(H,21,25)/t17-/m1/s1. The van der Waals surface area contributed by atoms with Crippen LogP contribution in [0.5, 0.6) is 0 Å². The van der Waals surface area contributed by atoms with E-state index < -0.39 is 11.4 Å². The molecule has 27 heavy (non-hydrogen) atoms. The molecule has 1 N–H and O–H groups in total. The number of carbonyl (C=O) groups is 1. The normalized spacial score (nSPS) is 16.6. The minimum atomic E-state index is -0.506. The Morgan fingerprint density at radius 3 is 2.78 bits per heavy atom. The molecule has 0 aliphatic carbocycles. The first-order valence-corrected chi connectivity index (χ1v) is 9.19. The lowest BCUT2D eigenvalue weighted by Crippen LogP contribution is -2.51. The third kappa shape index (κ3) is 4.70. The van der Waals surface area contributed by atoms with Crippen LogP contribution in [-0.4, -0.2) is 59.2 Å². The highest BCUT2D eigenvalue weighted by molar-refractivity contribution is 5.79. The van der Waals surface area contributed by atoms with Crippen molar-refractivity contribution in [3.8, 4) is 0 Å². The molecule has 0 spiro atoms. The molecule has 1 atom stereocenters. The second kappa shape index (κ2) is 8.58. The first kappa shape index (κ1) is 19.4. The molecule has 2 aromatic rings. The summed E-state index contributed by atoms with van der Waals surface area (Å²) in [5, 5.41) is 3.08. The Morgan fingerprint density at radius 1 is 1.33 bits per heavy atom. The van der Waals surface area contributed by atoms with Crippen LogP contribution in [0.2, 0.25) is 0 Å². The largest absolute Gasteiger partial charge is 0.379 e. The Labute approximate surface area is 157 Å². The quantitative estimate of drug-likeness (QED) is 0.814. The predicted octanol–water partition coefficient (Wildman–Crippen LogP) is 1.01. The van der Waals surface area contributed by atoms with Crippen molar-refractivity contribution in [1.29, 1.82) is 0 Å². The molecule has 8 heteroatoms. The van der Waals surface area contributed by atoms with Crippen molar-refractivity contribution in [1.82, 2.24) is 19.8 Å². The summed E-state index contributed by atoms with van der Waals surface area (Å²) < 4.78 is 20.0. The average Bonchev–Trinajstić information content (AvgIpc) is 2.65. The molecule has 0 radical (unpaired) electrons. The highest BCUT2D eigenvalue weighted by Crippen LogP contribution is 2.12. The van der Waals surface area contributed by atoms with Gasteiger partial charge in [-0.3, -0.25) is 19.1 Å². The van der Waals surface area contributed by atoms with Crippen LogP contribution in [0.15, 0.2) is 29.3 Å². The Hall–Kier alpha value is -2.32. The second-order valence-corrected chi connectivity index (χ2v) is 7.10. The Bertz CT molecular complexity index is 862. The number of hydrogen-bond acceptors (Lipinski definition) is 5. The molecular formula is C19H25FN4O3. The molecule has 146 valence electrons. The molecule has 0 unspecified atom stereocenters. The second-order valence-electron chi connectivity index (χ2n) is 7.10. The Balaban J connectivity index is 1.65. The van der Waals surface area contributed by atoms with Gasteiger partial charge in [-0.2, -0.15) is 0 Å². The van der Waals surface area contributed by atoms with Gasteiger partial charge in [-0.15, -0.1) is 0 Å². The fourth-order valence-corrected chi connectivity index (χ4v) is 3.37. The number of benzene rings is 1. The third-order valence-corrected chi connectivity index (χ3v) is 4.89. The van der Waals surface area contributed by atoms with E-state index in [9.17, 15) is 14.0 Å². The molecular weight excluding hydrogens is 351 g/mol. The van der Waals surface area contributed by atoms with Crippen molar-refractivity contribution in [2.24, 2.45) is 5.92 Å². The number of morpholine rings is 1. The summed E-state index contributed by atoms with van der Waals surface area (Å²) in [6.45, 7) is 7.69. The molecule has 1 fully saturated rings. The maximum atomic E-state index is 13.4. The van der Waals surface area contributed by atoms with Gasteiger partial charge in [-0.1, -0.05) is 13.8 Å². The predicted molar refractivity (Wildman–Crippen MR) is 100.0 cm³/mol. The van der Waals surface area contributed by atoms with E-state index in [4.69, 9.17) is 4.74 Å². The summed E-state index contributed by atoms with van der Waals surface area (Å²) in [5.74, 6) is -0.404. The molecule has 1 saturated heterocycles. The highest BCUT2D eigenvalue weighted by Gasteiger charge is 2.24. The lowest BCUT2D eigenvalue weighted by molar-refractivity contribution is -0.122. The van der Waals surface area contributed by atoms with Crippen LogP contribution in [-0.2, 0) is 16.1 Å². The van der Waals surface area contributed by atoms with Crippen LogP contribution in [0.25, 0.3) is 10.9 Å². The van der Waals surface area contributed by atoms with E-state index in [0.717, 1.165) is 19.2 Å². The number of rotatable bonds is 6. The maximum absolute atomic E-state index is 13.4. The SMILES string of the molecule is CC(C)[C@@H](CNC(=O)Cn1cnc2ccc(F)cc2c1=O)N1CCOCC1. The number of nitrogens with one attached hydrogen (secondary N) is 1. The minimum Gasteiger partial charge on any atom is -0.379 e. The van der Waals surface area contributed by atoms with E-state index in [1.54, 1.807) is 0 Å². The third-order valence-electron chi connectivity index (χ3n) is 4.89. The summed E-state index contributed by atoms with van der Waals surface area (Å²) in [6.07, 6.45) is 1.32. The zero-order valence-corrected chi connectivity index (χ0v) is 15.7. The van der Waals surface area contributed by atoms with Crippen molar-refractivity contribution < 1.29 is 13.9 Å². The van der Waals surface area contributed by atoms with Crippen LogP contribution in [0.1, 0.15) is 13.8 Å². The summed E-state index contributed by atoms with van der Waals surface area (Å²) in [5.41, 5.74) is -0.0199. The zero-order valence-electron chi connectivity index (χ0n) is 15.7. The van der Waals surface area contributed by atoms with Crippen LogP contribution in [0.4, 0.5) is 4.39 Å². The van der Waals surface area contributed by atoms with Crippen molar-refractivity contribution in [2.75, 3.05) is 32.8 Å². The fraction of sp³-hybridized carbons (Fsp3) is 0.526. The van der Waals surface area contributed by atoms with Crippen molar-refractivity contribution in [2.45, 2.75) is 26.4 Å². The summed E-state index contributed by atoms with van der Waals surface area (Å²) in [6, 6.07) is 4.06. The fourth-order valence-electron chi connectivity index (χ4n) is 3.37. The number of hydrogen-bond donors (Lipinski definition) is 1. The number of halogens is 1. The van der Waals surface area contributed by atoms with Gasteiger partial charge in [0.2, 0.25) is 5.91 Å². The number of ether oxygens (including phenoxy) is 1. The van der Waals surface area contributed by atoms with Crippen molar-refractivity contribution in [3.63, 3.8) is 0 Å². The van der Waals surface area contributed by atoms with Gasteiger partial charge >= 0.3 is 0 Å². The lowest BCUT2D eigenvalue weighted by atomic mass is 10.0. The van der Waals surface area contributed by atoms with Gasteiger partial charge in [-0.05, 0) is 24.1 Å². The number of aromatic nitrogens is 2. The molecule has 1 aromatic heterocycles. The molecule has 7 nitrogen and oxygen atoms in total. The number of fused-ring (bicyclic) bond motifs is 1. The van der Waals surface area contributed by atoms with Crippen LogP contribution in [0.3, 0.4) is 0 Å². The molecule has 3 rings (SSSR count). The number of amides is 1. The summed E-state index contributed by atoms with van der Waals surface area (Å²) >= 11 is 0.